The van der Waals surface area contributed by atoms with Gasteiger partial charge in [0.05, 0.1) is 19.3 Å². The fraction of sp³-hybridized carbons (Fsp3) is 0.409. The van der Waals surface area contributed by atoms with Crippen molar-refractivity contribution >= 4 is 40.5 Å². The largest absolute Gasteiger partial charge is 0.493 e. The van der Waals surface area contributed by atoms with Crippen molar-refractivity contribution in [3.8, 4) is 5.75 Å². The number of hydrogen-bond acceptors (Lipinski definition) is 6. The molecule has 0 unspecified atom stereocenters. The Bertz CT molecular complexity index is 875. The van der Waals surface area contributed by atoms with Crippen LogP contribution in [0.1, 0.15) is 33.8 Å². The third-order valence-electron chi connectivity index (χ3n) is 4.90. The number of thiophene rings is 1. The van der Waals surface area contributed by atoms with Crippen LogP contribution >= 0.6 is 34.5 Å². The number of aliphatic hydroxyl groups is 2. The average Bonchev–Trinajstić information content (AvgIpc) is 3.31. The molecule has 30 heavy (non-hydrogen) atoms. The molecule has 2 atom stereocenters. The first-order chi connectivity index (χ1) is 14.5. The summed E-state index contributed by atoms with van der Waals surface area (Å²) in [5.41, 5.74) is 1.19. The van der Waals surface area contributed by atoms with Gasteiger partial charge in [0.2, 0.25) is 0 Å². The van der Waals surface area contributed by atoms with Gasteiger partial charge in [0, 0.05) is 20.8 Å². The molecule has 1 aliphatic rings. The van der Waals surface area contributed by atoms with Gasteiger partial charge in [-0.05, 0) is 56.0 Å². The molecule has 5 nitrogen and oxygen atoms in total. The van der Waals surface area contributed by atoms with E-state index in [1.165, 1.54) is 16.9 Å². The Kier molecular flexibility index (Phi) is 8.60. The van der Waals surface area contributed by atoms with Gasteiger partial charge in [-0.1, -0.05) is 34.9 Å². The van der Waals surface area contributed by atoms with Crippen LogP contribution in [-0.4, -0.2) is 42.1 Å². The Labute approximate surface area is 189 Å². The highest BCUT2D eigenvalue weighted by Gasteiger charge is 2.28. The van der Waals surface area contributed by atoms with E-state index >= 15 is 0 Å². The number of ether oxygens (including phenoxy) is 2. The maximum Gasteiger partial charge on any atom is 0.348 e. The fourth-order valence-corrected chi connectivity index (χ4v) is 4.89. The van der Waals surface area contributed by atoms with E-state index in [1.807, 2.05) is 6.07 Å². The van der Waals surface area contributed by atoms with E-state index in [0.29, 0.717) is 33.7 Å². The quantitative estimate of drug-likeness (QED) is 0.380. The lowest BCUT2D eigenvalue weighted by Crippen LogP contribution is -2.23. The lowest BCUT2D eigenvalue weighted by atomic mass is 9.96. The van der Waals surface area contributed by atoms with Crippen molar-refractivity contribution in [1.82, 2.24) is 0 Å². The zero-order valence-corrected chi connectivity index (χ0v) is 18.7. The summed E-state index contributed by atoms with van der Waals surface area (Å²) in [5.74, 6) is 0.125. The molecule has 1 heterocycles. The van der Waals surface area contributed by atoms with Crippen molar-refractivity contribution < 1.29 is 24.5 Å². The Morgan fingerprint density at radius 1 is 1.17 bits per heavy atom. The van der Waals surface area contributed by atoms with E-state index < -0.39 is 12.1 Å². The SMILES string of the molecule is O=C(OCCO)c1ccc(CCCC2=CC[C@@H](O)[C@@H]2COc2cc(Cl)cc(Cl)c2)s1. The molecule has 2 aromatic rings. The highest BCUT2D eigenvalue weighted by atomic mass is 35.5. The zero-order chi connectivity index (χ0) is 21.5. The third-order valence-corrected chi connectivity index (χ3v) is 6.47. The molecule has 1 aliphatic carbocycles. The van der Waals surface area contributed by atoms with Gasteiger partial charge in [-0.25, -0.2) is 4.79 Å². The van der Waals surface area contributed by atoms with Crippen LogP contribution in [0.25, 0.3) is 0 Å². The molecule has 1 aromatic carbocycles. The van der Waals surface area contributed by atoms with E-state index in [1.54, 1.807) is 24.3 Å². The number of hydrogen-bond donors (Lipinski definition) is 2. The highest BCUT2D eigenvalue weighted by molar-refractivity contribution is 7.13. The molecule has 0 spiro atoms. The number of carbonyl (C=O) groups is 1. The molecule has 3 rings (SSSR count). The number of aryl methyl sites for hydroxylation is 1. The van der Waals surface area contributed by atoms with E-state index in [-0.39, 0.29) is 19.1 Å². The van der Waals surface area contributed by atoms with E-state index in [4.69, 9.17) is 37.8 Å². The van der Waals surface area contributed by atoms with Crippen molar-refractivity contribution in [3.05, 3.63) is 61.8 Å². The predicted molar refractivity (Wildman–Crippen MR) is 119 cm³/mol. The first kappa shape index (κ1) is 23.1. The molecule has 2 N–H and O–H groups in total. The maximum absolute atomic E-state index is 11.8. The van der Waals surface area contributed by atoms with Crippen molar-refractivity contribution in [1.29, 1.82) is 0 Å². The number of rotatable bonds is 10. The summed E-state index contributed by atoms with van der Waals surface area (Å²) in [5, 5.41) is 20.1. The molecular formula is C22H24Cl2O5S. The van der Waals surface area contributed by atoms with Crippen LogP contribution in [0.5, 0.6) is 5.75 Å². The number of aliphatic hydroxyl groups excluding tert-OH is 2. The summed E-state index contributed by atoms with van der Waals surface area (Å²) in [7, 11) is 0. The molecule has 0 radical (unpaired) electrons. The molecule has 1 aromatic heterocycles. The van der Waals surface area contributed by atoms with Crippen LogP contribution in [0.4, 0.5) is 0 Å². The number of esters is 1. The number of halogens is 2. The van der Waals surface area contributed by atoms with Gasteiger partial charge in [-0.3, -0.25) is 0 Å². The summed E-state index contributed by atoms with van der Waals surface area (Å²) in [4.78, 5) is 13.5. The van der Waals surface area contributed by atoms with Crippen LogP contribution < -0.4 is 4.74 Å². The third kappa shape index (κ3) is 6.46. The lowest BCUT2D eigenvalue weighted by molar-refractivity contribution is 0.0439. The smallest absolute Gasteiger partial charge is 0.348 e. The van der Waals surface area contributed by atoms with Gasteiger partial charge < -0.3 is 19.7 Å². The highest BCUT2D eigenvalue weighted by Crippen LogP contribution is 2.32. The van der Waals surface area contributed by atoms with Crippen molar-refractivity contribution in [2.75, 3.05) is 19.8 Å². The minimum atomic E-state index is -0.454. The molecule has 0 aliphatic heterocycles. The molecule has 162 valence electrons. The first-order valence-electron chi connectivity index (χ1n) is 9.79. The van der Waals surface area contributed by atoms with E-state index in [9.17, 15) is 9.90 Å². The van der Waals surface area contributed by atoms with Crippen LogP contribution in [-0.2, 0) is 11.2 Å². The number of benzene rings is 1. The molecule has 8 heteroatoms. The monoisotopic (exact) mass is 470 g/mol. The second-order valence-corrected chi connectivity index (χ2v) is 9.12. The van der Waals surface area contributed by atoms with Gasteiger partial charge >= 0.3 is 5.97 Å². The van der Waals surface area contributed by atoms with Gasteiger partial charge in [0.15, 0.2) is 0 Å². The van der Waals surface area contributed by atoms with Gasteiger partial charge in [0.25, 0.3) is 0 Å². The Morgan fingerprint density at radius 3 is 2.67 bits per heavy atom. The lowest BCUT2D eigenvalue weighted by Gasteiger charge is -2.20. The second kappa shape index (κ2) is 11.2. The Balaban J connectivity index is 1.48. The van der Waals surface area contributed by atoms with Crippen LogP contribution in [0.15, 0.2) is 42.0 Å². The fourth-order valence-electron chi connectivity index (χ4n) is 3.44. The average molecular weight is 471 g/mol. The van der Waals surface area contributed by atoms with Gasteiger partial charge in [0.1, 0.15) is 17.2 Å². The van der Waals surface area contributed by atoms with Crippen LogP contribution in [0, 0.1) is 5.92 Å². The molecule has 0 saturated carbocycles. The van der Waals surface area contributed by atoms with Crippen molar-refractivity contribution in [3.63, 3.8) is 0 Å². The molecule has 0 bridgehead atoms. The summed E-state index contributed by atoms with van der Waals surface area (Å²) in [6.45, 7) is 0.192. The summed E-state index contributed by atoms with van der Waals surface area (Å²) in [6, 6.07) is 8.75. The maximum atomic E-state index is 11.8. The molecular weight excluding hydrogens is 447 g/mol. The van der Waals surface area contributed by atoms with E-state index in [0.717, 1.165) is 24.1 Å². The minimum absolute atomic E-state index is 0.00734. The van der Waals surface area contributed by atoms with Crippen LogP contribution in [0.3, 0.4) is 0 Å². The zero-order valence-electron chi connectivity index (χ0n) is 16.4. The summed E-state index contributed by atoms with van der Waals surface area (Å²) in [6.07, 6.45) is 4.86. The topological polar surface area (TPSA) is 76.0 Å². The molecule has 0 fully saturated rings. The van der Waals surface area contributed by atoms with E-state index in [2.05, 4.69) is 6.08 Å². The second-order valence-electron chi connectivity index (χ2n) is 7.08. The molecule has 0 amide bonds. The van der Waals surface area contributed by atoms with Gasteiger partial charge in [-0.15, -0.1) is 11.3 Å². The Hall–Kier alpha value is -1.57. The van der Waals surface area contributed by atoms with Crippen molar-refractivity contribution in [2.45, 2.75) is 31.8 Å². The van der Waals surface area contributed by atoms with Crippen LogP contribution in [0.2, 0.25) is 10.0 Å². The van der Waals surface area contributed by atoms with Crippen molar-refractivity contribution in [2.24, 2.45) is 5.92 Å². The summed E-state index contributed by atoms with van der Waals surface area (Å²) < 4.78 is 10.8. The standard InChI is InChI=1S/C22H24Cl2O5S/c23-15-10-16(24)12-17(11-15)29-13-19-14(4-6-20(19)26)2-1-3-18-5-7-21(30-18)22(27)28-9-8-25/h4-5,7,10-12,19-20,25-26H,1-3,6,8-9,13H2/t19-,20-/m1/s1. The molecule has 0 saturated heterocycles. The minimum Gasteiger partial charge on any atom is -0.493 e. The predicted octanol–water partition coefficient (Wildman–Crippen LogP) is 4.91. The summed E-state index contributed by atoms with van der Waals surface area (Å²) >= 11 is 13.4. The number of carbonyl (C=O) groups excluding carboxylic acids is 1. The Morgan fingerprint density at radius 2 is 1.93 bits per heavy atom. The normalized spacial score (nSPS) is 18.3. The first-order valence-corrected chi connectivity index (χ1v) is 11.4. The van der Waals surface area contributed by atoms with Gasteiger partial charge in [-0.2, -0.15) is 0 Å².